The van der Waals surface area contributed by atoms with Crippen molar-refractivity contribution in [1.82, 2.24) is 0 Å². The molecule has 2 atom stereocenters. The molecule has 0 bridgehead atoms. The van der Waals surface area contributed by atoms with Crippen LogP contribution in [0.25, 0.3) is 0 Å². The van der Waals surface area contributed by atoms with E-state index in [1.165, 1.54) is 5.56 Å². The fourth-order valence-corrected chi connectivity index (χ4v) is 1.88. The Kier molecular flexibility index (Phi) is 4.35. The lowest BCUT2D eigenvalue weighted by atomic mass is 9.86. The van der Waals surface area contributed by atoms with E-state index in [1.54, 1.807) is 7.11 Å². The third-order valence-corrected chi connectivity index (χ3v) is 2.81. The molecule has 0 radical (unpaired) electrons. The molecule has 1 rings (SSSR count). The van der Waals surface area contributed by atoms with E-state index in [4.69, 9.17) is 4.74 Å². The van der Waals surface area contributed by atoms with Crippen molar-refractivity contribution in [2.24, 2.45) is 5.92 Å². The highest BCUT2D eigenvalue weighted by atomic mass is 16.5. The van der Waals surface area contributed by atoms with E-state index in [9.17, 15) is 4.79 Å². The molecular weight excluding hydrogens is 188 g/mol. The summed E-state index contributed by atoms with van der Waals surface area (Å²) in [6.45, 7) is 4.06. The number of carbonyl (C=O) groups excluding carboxylic acids is 1. The van der Waals surface area contributed by atoms with Gasteiger partial charge in [-0.1, -0.05) is 26.0 Å². The van der Waals surface area contributed by atoms with Gasteiger partial charge in [0, 0.05) is 5.92 Å². The first-order valence-electron chi connectivity index (χ1n) is 5.32. The molecule has 0 heterocycles. The highest BCUT2D eigenvalue weighted by Gasteiger charge is 2.17. The van der Waals surface area contributed by atoms with Gasteiger partial charge in [-0.05, 0) is 30.0 Å². The number of ether oxygens (including phenoxy) is 1. The maximum absolute atomic E-state index is 10.8. The van der Waals surface area contributed by atoms with Crippen molar-refractivity contribution in [3.63, 3.8) is 0 Å². The summed E-state index contributed by atoms with van der Waals surface area (Å²) in [6.07, 6.45) is 1.99. The van der Waals surface area contributed by atoms with Gasteiger partial charge in [-0.2, -0.15) is 0 Å². The second-order valence-corrected chi connectivity index (χ2v) is 3.79. The van der Waals surface area contributed by atoms with Gasteiger partial charge in [-0.15, -0.1) is 0 Å². The molecule has 0 aliphatic carbocycles. The molecule has 2 unspecified atom stereocenters. The largest absolute Gasteiger partial charge is 0.497 e. The van der Waals surface area contributed by atoms with Crippen LogP contribution in [0.15, 0.2) is 24.3 Å². The van der Waals surface area contributed by atoms with E-state index in [-0.39, 0.29) is 11.8 Å². The van der Waals surface area contributed by atoms with E-state index < -0.39 is 0 Å². The summed E-state index contributed by atoms with van der Waals surface area (Å²) in [5, 5.41) is 0. The molecule has 0 aliphatic rings. The Morgan fingerprint density at radius 1 is 1.47 bits per heavy atom. The summed E-state index contributed by atoms with van der Waals surface area (Å²) in [4.78, 5) is 10.8. The van der Waals surface area contributed by atoms with Gasteiger partial charge in [-0.25, -0.2) is 0 Å². The van der Waals surface area contributed by atoms with Gasteiger partial charge in [0.1, 0.15) is 12.0 Å². The minimum Gasteiger partial charge on any atom is -0.497 e. The van der Waals surface area contributed by atoms with Gasteiger partial charge >= 0.3 is 0 Å². The molecule has 0 saturated heterocycles. The number of rotatable bonds is 5. The molecule has 0 amide bonds. The van der Waals surface area contributed by atoms with Gasteiger partial charge in [0.15, 0.2) is 0 Å². The standard InChI is InChI=1S/C13H18O2/c1-4-13(10(2)9-14)11-6-5-7-12(8-11)15-3/h5-10,13H,4H2,1-3H3. The molecule has 0 aromatic heterocycles. The van der Waals surface area contributed by atoms with E-state index in [1.807, 2.05) is 25.1 Å². The van der Waals surface area contributed by atoms with Crippen LogP contribution >= 0.6 is 0 Å². The van der Waals surface area contributed by atoms with Gasteiger partial charge in [0.05, 0.1) is 7.11 Å². The molecular formula is C13H18O2. The van der Waals surface area contributed by atoms with Crippen LogP contribution in [0.2, 0.25) is 0 Å². The zero-order valence-electron chi connectivity index (χ0n) is 9.57. The normalized spacial score (nSPS) is 14.3. The van der Waals surface area contributed by atoms with Gasteiger partial charge in [0.2, 0.25) is 0 Å². The summed E-state index contributed by atoms with van der Waals surface area (Å²) in [5.41, 5.74) is 1.18. The maximum Gasteiger partial charge on any atom is 0.123 e. The predicted molar refractivity (Wildman–Crippen MR) is 61.3 cm³/mol. The molecule has 0 N–H and O–H groups in total. The molecule has 2 nitrogen and oxygen atoms in total. The summed E-state index contributed by atoms with van der Waals surface area (Å²) < 4.78 is 5.17. The minimum absolute atomic E-state index is 0.0575. The summed E-state index contributed by atoms with van der Waals surface area (Å²) in [6, 6.07) is 7.95. The van der Waals surface area contributed by atoms with Crippen molar-refractivity contribution in [2.75, 3.05) is 7.11 Å². The van der Waals surface area contributed by atoms with Crippen molar-refractivity contribution in [1.29, 1.82) is 0 Å². The Hall–Kier alpha value is -1.31. The molecule has 82 valence electrons. The average Bonchev–Trinajstić information content (AvgIpc) is 2.30. The highest BCUT2D eigenvalue weighted by Crippen LogP contribution is 2.28. The van der Waals surface area contributed by atoms with Crippen LogP contribution in [0, 0.1) is 5.92 Å². The first kappa shape index (κ1) is 11.8. The third kappa shape index (κ3) is 2.82. The second-order valence-electron chi connectivity index (χ2n) is 3.79. The number of methoxy groups -OCH3 is 1. The van der Waals surface area contributed by atoms with Crippen LogP contribution < -0.4 is 4.74 Å². The average molecular weight is 206 g/mol. The molecule has 15 heavy (non-hydrogen) atoms. The molecule has 0 saturated carbocycles. The first-order chi connectivity index (χ1) is 7.22. The van der Waals surface area contributed by atoms with E-state index >= 15 is 0 Å². The lowest BCUT2D eigenvalue weighted by Crippen LogP contribution is -2.10. The van der Waals surface area contributed by atoms with Crippen molar-refractivity contribution in [3.8, 4) is 5.75 Å². The molecule has 0 fully saturated rings. The van der Waals surface area contributed by atoms with Crippen molar-refractivity contribution in [2.45, 2.75) is 26.2 Å². The van der Waals surface area contributed by atoms with Gasteiger partial charge < -0.3 is 9.53 Å². The fraction of sp³-hybridized carbons (Fsp3) is 0.462. The first-order valence-corrected chi connectivity index (χ1v) is 5.32. The second kappa shape index (κ2) is 5.54. The van der Waals surface area contributed by atoms with Crippen LogP contribution in [0.1, 0.15) is 31.7 Å². The monoisotopic (exact) mass is 206 g/mol. The third-order valence-electron chi connectivity index (χ3n) is 2.81. The van der Waals surface area contributed by atoms with Crippen molar-refractivity contribution in [3.05, 3.63) is 29.8 Å². The van der Waals surface area contributed by atoms with E-state index in [0.29, 0.717) is 0 Å². The maximum atomic E-state index is 10.8. The number of benzene rings is 1. The smallest absolute Gasteiger partial charge is 0.123 e. The lowest BCUT2D eigenvalue weighted by molar-refractivity contribution is -0.111. The molecule has 0 spiro atoms. The Morgan fingerprint density at radius 3 is 2.73 bits per heavy atom. The number of aldehydes is 1. The summed E-state index contributed by atoms with van der Waals surface area (Å²) in [5.74, 6) is 1.20. The predicted octanol–water partition coefficient (Wildman–Crippen LogP) is 3.02. The Morgan fingerprint density at radius 2 is 2.20 bits per heavy atom. The topological polar surface area (TPSA) is 26.3 Å². The Balaban J connectivity index is 2.95. The quantitative estimate of drug-likeness (QED) is 0.692. The SMILES string of the molecule is CCC(c1cccc(OC)c1)C(C)C=O. The number of hydrogen-bond donors (Lipinski definition) is 0. The highest BCUT2D eigenvalue weighted by molar-refractivity contribution is 5.55. The molecule has 0 aliphatic heterocycles. The van der Waals surface area contributed by atoms with E-state index in [0.717, 1.165) is 18.5 Å². The minimum atomic E-state index is 0.0575. The zero-order valence-corrected chi connectivity index (χ0v) is 9.57. The number of carbonyl (C=O) groups is 1. The molecule has 2 heteroatoms. The molecule has 1 aromatic rings. The Labute approximate surface area is 91.3 Å². The lowest BCUT2D eigenvalue weighted by Gasteiger charge is -2.18. The van der Waals surface area contributed by atoms with Crippen LogP contribution in [-0.4, -0.2) is 13.4 Å². The van der Waals surface area contributed by atoms with Crippen LogP contribution in [-0.2, 0) is 4.79 Å². The van der Waals surface area contributed by atoms with Crippen LogP contribution in [0.4, 0.5) is 0 Å². The summed E-state index contributed by atoms with van der Waals surface area (Å²) >= 11 is 0. The summed E-state index contributed by atoms with van der Waals surface area (Å²) in [7, 11) is 1.66. The fourth-order valence-electron chi connectivity index (χ4n) is 1.88. The zero-order chi connectivity index (χ0) is 11.3. The van der Waals surface area contributed by atoms with Gasteiger partial charge in [0.25, 0.3) is 0 Å². The van der Waals surface area contributed by atoms with Crippen LogP contribution in [0.3, 0.4) is 0 Å². The molecule has 1 aromatic carbocycles. The van der Waals surface area contributed by atoms with E-state index in [2.05, 4.69) is 13.0 Å². The number of hydrogen-bond acceptors (Lipinski definition) is 2. The Bertz CT molecular complexity index is 320. The van der Waals surface area contributed by atoms with Crippen LogP contribution in [0.5, 0.6) is 5.75 Å². The van der Waals surface area contributed by atoms with Crippen molar-refractivity contribution < 1.29 is 9.53 Å². The van der Waals surface area contributed by atoms with Crippen molar-refractivity contribution >= 4 is 6.29 Å². The van der Waals surface area contributed by atoms with Gasteiger partial charge in [-0.3, -0.25) is 0 Å².